The van der Waals surface area contributed by atoms with Gasteiger partial charge in [0.1, 0.15) is 17.3 Å². The van der Waals surface area contributed by atoms with Gasteiger partial charge in [-0.15, -0.1) is 0 Å². The molecule has 2 aromatic rings. The molecule has 2 aliphatic heterocycles. The van der Waals surface area contributed by atoms with Crippen LogP contribution in [0.2, 0.25) is 0 Å². The third kappa shape index (κ3) is 2.79. The van der Waals surface area contributed by atoms with Crippen LogP contribution >= 0.6 is 0 Å². The predicted octanol–water partition coefficient (Wildman–Crippen LogP) is 4.87. The highest BCUT2D eigenvalue weighted by atomic mass is 16.3. The van der Waals surface area contributed by atoms with E-state index in [0.717, 1.165) is 34.4 Å². The zero-order chi connectivity index (χ0) is 19.3. The fraction of sp³-hybridized carbons (Fsp3) is 0.130. The Labute approximate surface area is 158 Å². The Bertz CT molecular complexity index is 1030. The van der Waals surface area contributed by atoms with Gasteiger partial charge in [0, 0.05) is 23.0 Å². The Hall–Kier alpha value is -3.40. The number of aliphatic hydroxyl groups excluding tert-OH is 1. The summed E-state index contributed by atoms with van der Waals surface area (Å²) in [7, 11) is 0. The molecule has 0 saturated carbocycles. The van der Waals surface area contributed by atoms with Gasteiger partial charge in [-0.2, -0.15) is 0 Å². The Kier molecular flexibility index (Phi) is 3.84. The summed E-state index contributed by atoms with van der Waals surface area (Å²) in [5.41, 5.74) is 6.14. The second kappa shape index (κ2) is 6.09. The number of hydrogen-bond acceptors (Lipinski definition) is 4. The molecule has 0 radical (unpaired) electrons. The molecule has 0 saturated heterocycles. The average Bonchev–Trinajstić information content (AvgIpc) is 2.62. The van der Waals surface area contributed by atoms with Gasteiger partial charge in [-0.05, 0) is 59.9 Å². The van der Waals surface area contributed by atoms with Crippen molar-refractivity contribution in [2.24, 2.45) is 0 Å². The lowest BCUT2D eigenvalue weighted by molar-refractivity contribution is 0.364. The monoisotopic (exact) mass is 359 g/mol. The minimum Gasteiger partial charge on any atom is -0.508 e. The number of rotatable bonds is 2. The van der Waals surface area contributed by atoms with Crippen LogP contribution in [-0.4, -0.2) is 20.2 Å². The summed E-state index contributed by atoms with van der Waals surface area (Å²) < 4.78 is 0. The van der Waals surface area contributed by atoms with E-state index in [4.69, 9.17) is 0 Å². The Morgan fingerprint density at radius 3 is 2.52 bits per heavy atom. The van der Waals surface area contributed by atoms with Crippen LogP contribution < -0.4 is 0 Å². The van der Waals surface area contributed by atoms with Crippen molar-refractivity contribution in [2.45, 2.75) is 19.4 Å². The van der Waals surface area contributed by atoms with E-state index >= 15 is 0 Å². The molecule has 1 atom stereocenters. The van der Waals surface area contributed by atoms with Crippen LogP contribution in [0.25, 0.3) is 5.70 Å². The van der Waals surface area contributed by atoms with Crippen molar-refractivity contribution in [3.8, 4) is 11.5 Å². The molecule has 0 fully saturated rings. The van der Waals surface area contributed by atoms with Crippen molar-refractivity contribution in [2.75, 3.05) is 0 Å². The van der Waals surface area contributed by atoms with Gasteiger partial charge in [0.25, 0.3) is 0 Å². The molecule has 136 valence electrons. The van der Waals surface area contributed by atoms with Crippen LogP contribution in [0, 0.1) is 6.92 Å². The molecule has 4 heteroatoms. The molecule has 27 heavy (non-hydrogen) atoms. The fourth-order valence-corrected chi connectivity index (χ4v) is 3.79. The van der Waals surface area contributed by atoms with E-state index < -0.39 is 0 Å². The van der Waals surface area contributed by atoms with Crippen molar-refractivity contribution < 1.29 is 15.3 Å². The highest BCUT2D eigenvalue weighted by molar-refractivity contribution is 5.78. The number of phenolic OH excluding ortho intramolecular Hbond substituents is 2. The van der Waals surface area contributed by atoms with Gasteiger partial charge >= 0.3 is 0 Å². The topological polar surface area (TPSA) is 63.9 Å². The Morgan fingerprint density at radius 1 is 1.15 bits per heavy atom. The quantitative estimate of drug-likeness (QED) is 0.669. The zero-order valence-corrected chi connectivity index (χ0v) is 15.1. The Balaban J connectivity index is 1.91. The smallest absolute Gasteiger partial charge is 0.119 e. The molecule has 0 aromatic heterocycles. The van der Waals surface area contributed by atoms with Gasteiger partial charge < -0.3 is 20.2 Å². The lowest BCUT2D eigenvalue weighted by Crippen LogP contribution is -2.31. The number of benzene rings is 2. The van der Waals surface area contributed by atoms with Crippen LogP contribution in [-0.2, 0) is 6.42 Å². The number of aromatic hydroxyl groups is 2. The van der Waals surface area contributed by atoms with E-state index in [1.165, 1.54) is 0 Å². The third-order valence-electron chi connectivity index (χ3n) is 5.24. The van der Waals surface area contributed by atoms with Gasteiger partial charge in [-0.1, -0.05) is 31.4 Å². The van der Waals surface area contributed by atoms with Crippen LogP contribution in [0.15, 0.2) is 78.7 Å². The van der Waals surface area contributed by atoms with Crippen molar-refractivity contribution in [1.29, 1.82) is 0 Å². The molecule has 0 spiro atoms. The molecule has 2 aromatic carbocycles. The number of aliphatic hydroxyl groups is 1. The summed E-state index contributed by atoms with van der Waals surface area (Å²) in [4.78, 5) is 2.08. The highest BCUT2D eigenvalue weighted by Gasteiger charge is 2.33. The number of hydrogen-bond donors (Lipinski definition) is 3. The van der Waals surface area contributed by atoms with Gasteiger partial charge in [0.15, 0.2) is 0 Å². The van der Waals surface area contributed by atoms with Crippen molar-refractivity contribution in [3.05, 3.63) is 101 Å². The molecular weight excluding hydrogens is 338 g/mol. The molecule has 0 bridgehead atoms. The first-order valence-electron chi connectivity index (χ1n) is 8.76. The third-order valence-corrected chi connectivity index (χ3v) is 5.24. The Morgan fingerprint density at radius 2 is 1.85 bits per heavy atom. The second-order valence-corrected chi connectivity index (χ2v) is 7.06. The summed E-state index contributed by atoms with van der Waals surface area (Å²) >= 11 is 0. The number of aryl methyl sites for hydroxylation is 1. The summed E-state index contributed by atoms with van der Waals surface area (Å²) in [5, 5.41) is 29.8. The molecule has 0 aliphatic carbocycles. The van der Waals surface area contributed by atoms with Crippen molar-refractivity contribution in [1.82, 2.24) is 4.90 Å². The minimum absolute atomic E-state index is 0.0178. The summed E-state index contributed by atoms with van der Waals surface area (Å²) in [6.45, 7) is 9.57. The standard InChI is InChI=1S/C23H21NO3/c1-13-9-22-19-11-23(27)14(2)8-17(19)10-21(16-4-6-18(26)7-5-16)24(22)12-20(13)15(3)25/h4-9,11-12,21,25-27H,1,3,10H2,2H3. The normalized spacial score (nSPS) is 18.3. The van der Waals surface area contributed by atoms with Crippen LogP contribution in [0.1, 0.15) is 28.3 Å². The molecule has 0 amide bonds. The molecule has 4 nitrogen and oxygen atoms in total. The molecule has 4 rings (SSSR count). The van der Waals surface area contributed by atoms with E-state index in [-0.39, 0.29) is 23.3 Å². The van der Waals surface area contributed by atoms with Gasteiger partial charge in [0.05, 0.1) is 6.04 Å². The average molecular weight is 359 g/mol. The maximum Gasteiger partial charge on any atom is 0.119 e. The van der Waals surface area contributed by atoms with Crippen LogP contribution in [0.4, 0.5) is 0 Å². The molecule has 3 N–H and O–H groups in total. The largest absolute Gasteiger partial charge is 0.508 e. The first-order valence-corrected chi connectivity index (χ1v) is 8.76. The maximum atomic E-state index is 10.2. The molecular formula is C23H21NO3. The number of nitrogens with zero attached hydrogens (tertiary/aromatic N) is 1. The summed E-state index contributed by atoms with van der Waals surface area (Å²) in [6, 6.07) is 10.9. The van der Waals surface area contributed by atoms with Crippen molar-refractivity contribution in [3.63, 3.8) is 0 Å². The number of fused-ring (bicyclic) bond motifs is 3. The van der Waals surface area contributed by atoms with Gasteiger partial charge in [0.2, 0.25) is 0 Å². The van der Waals surface area contributed by atoms with Gasteiger partial charge in [-0.25, -0.2) is 0 Å². The van der Waals surface area contributed by atoms with E-state index in [0.29, 0.717) is 11.1 Å². The van der Waals surface area contributed by atoms with Crippen molar-refractivity contribution >= 4 is 5.70 Å². The lowest BCUT2D eigenvalue weighted by atomic mass is 9.84. The number of phenols is 2. The molecule has 2 aliphatic rings. The lowest BCUT2D eigenvalue weighted by Gasteiger charge is -2.41. The second-order valence-electron chi connectivity index (χ2n) is 7.06. The van der Waals surface area contributed by atoms with E-state index in [9.17, 15) is 15.3 Å². The maximum absolute atomic E-state index is 10.2. The van der Waals surface area contributed by atoms with Crippen LogP contribution in [0.3, 0.4) is 0 Å². The van der Waals surface area contributed by atoms with E-state index in [1.54, 1.807) is 18.2 Å². The predicted molar refractivity (Wildman–Crippen MR) is 106 cm³/mol. The van der Waals surface area contributed by atoms with Crippen LogP contribution in [0.5, 0.6) is 11.5 Å². The number of allylic oxidation sites excluding steroid dienone is 2. The molecule has 1 unspecified atom stereocenters. The SMILES string of the molecule is C=C(O)C1=CN2C(=CC1=C)c1cc(O)c(C)cc1CC2c1ccc(O)cc1. The fourth-order valence-electron chi connectivity index (χ4n) is 3.79. The summed E-state index contributed by atoms with van der Waals surface area (Å²) in [6.07, 6.45) is 4.50. The van der Waals surface area contributed by atoms with E-state index in [2.05, 4.69) is 18.1 Å². The zero-order valence-electron chi connectivity index (χ0n) is 15.1. The molecule has 2 heterocycles. The summed E-state index contributed by atoms with van der Waals surface area (Å²) in [5.74, 6) is 0.445. The van der Waals surface area contributed by atoms with E-state index in [1.807, 2.05) is 37.4 Å². The first-order chi connectivity index (χ1) is 12.8. The highest BCUT2D eigenvalue weighted by Crippen LogP contribution is 2.45. The first kappa shape index (κ1) is 17.0. The van der Waals surface area contributed by atoms with Gasteiger partial charge in [-0.3, -0.25) is 0 Å². The minimum atomic E-state index is -0.0303.